The van der Waals surface area contributed by atoms with E-state index in [0.29, 0.717) is 5.69 Å². The smallest absolute Gasteiger partial charge is 0.254 e. The molecule has 2 amide bonds. The van der Waals surface area contributed by atoms with Gasteiger partial charge in [0.25, 0.3) is 5.91 Å². The molecule has 1 atom stereocenters. The van der Waals surface area contributed by atoms with E-state index < -0.39 is 17.8 Å². The Morgan fingerprint density at radius 2 is 1.68 bits per heavy atom. The molecule has 0 radical (unpaired) electrons. The molecule has 2 rings (SSSR count). The molecule has 0 bridgehead atoms. The van der Waals surface area contributed by atoms with Crippen LogP contribution in [0.4, 0.5) is 10.1 Å². The van der Waals surface area contributed by atoms with Crippen molar-refractivity contribution in [1.29, 1.82) is 0 Å². The van der Waals surface area contributed by atoms with Crippen molar-refractivity contribution in [1.82, 2.24) is 5.32 Å². The zero-order valence-electron chi connectivity index (χ0n) is 14.9. The lowest BCUT2D eigenvalue weighted by molar-refractivity contribution is -0.118. The van der Waals surface area contributed by atoms with Crippen molar-refractivity contribution in [3.8, 4) is 0 Å². The van der Waals surface area contributed by atoms with Gasteiger partial charge in [0.15, 0.2) is 0 Å². The van der Waals surface area contributed by atoms with Gasteiger partial charge in [-0.25, -0.2) is 4.39 Å². The highest BCUT2D eigenvalue weighted by atomic mass is 19.1. The first-order chi connectivity index (χ1) is 11.8. The van der Waals surface area contributed by atoms with Gasteiger partial charge in [-0.15, -0.1) is 0 Å². The van der Waals surface area contributed by atoms with E-state index >= 15 is 0 Å². The monoisotopic (exact) mass is 342 g/mol. The number of anilines is 1. The van der Waals surface area contributed by atoms with Gasteiger partial charge in [0.1, 0.15) is 11.9 Å². The molecule has 0 aliphatic heterocycles. The molecular weight excluding hydrogens is 319 g/mol. The molecule has 2 aromatic carbocycles. The standard InChI is InChI=1S/C20H23FN2O2/c1-12(2)18(23-19(24)15-9-5-6-10-16(15)21)20(25)22-17-11-7-8-13(3)14(17)4/h5-12,18H,1-4H3,(H,22,25)(H,23,24). The molecule has 132 valence electrons. The molecule has 0 saturated heterocycles. The van der Waals surface area contributed by atoms with E-state index in [-0.39, 0.29) is 17.4 Å². The number of carbonyl (C=O) groups excluding carboxylic acids is 2. The maximum atomic E-state index is 13.8. The molecular formula is C20H23FN2O2. The summed E-state index contributed by atoms with van der Waals surface area (Å²) >= 11 is 0. The summed E-state index contributed by atoms with van der Waals surface area (Å²) in [5.74, 6) is -1.69. The van der Waals surface area contributed by atoms with Crippen LogP contribution in [0.1, 0.15) is 35.3 Å². The van der Waals surface area contributed by atoms with Crippen LogP contribution >= 0.6 is 0 Å². The van der Waals surface area contributed by atoms with E-state index in [4.69, 9.17) is 0 Å². The number of benzene rings is 2. The fraction of sp³-hybridized carbons (Fsp3) is 0.300. The summed E-state index contributed by atoms with van der Waals surface area (Å²) in [7, 11) is 0. The fourth-order valence-corrected chi connectivity index (χ4v) is 2.50. The topological polar surface area (TPSA) is 58.2 Å². The van der Waals surface area contributed by atoms with Gasteiger partial charge < -0.3 is 10.6 Å². The van der Waals surface area contributed by atoms with Crippen molar-refractivity contribution in [3.05, 3.63) is 65.0 Å². The lowest BCUT2D eigenvalue weighted by atomic mass is 10.0. The number of carbonyl (C=O) groups is 2. The highest BCUT2D eigenvalue weighted by Gasteiger charge is 2.26. The van der Waals surface area contributed by atoms with E-state index in [1.165, 1.54) is 18.2 Å². The van der Waals surface area contributed by atoms with Crippen molar-refractivity contribution in [2.75, 3.05) is 5.32 Å². The van der Waals surface area contributed by atoms with Gasteiger partial charge >= 0.3 is 0 Å². The molecule has 0 aliphatic rings. The maximum absolute atomic E-state index is 13.8. The minimum Gasteiger partial charge on any atom is -0.340 e. The number of hydrogen-bond acceptors (Lipinski definition) is 2. The molecule has 0 heterocycles. The van der Waals surface area contributed by atoms with E-state index in [2.05, 4.69) is 10.6 Å². The predicted molar refractivity (Wildman–Crippen MR) is 97.0 cm³/mol. The molecule has 0 spiro atoms. The van der Waals surface area contributed by atoms with Crippen molar-refractivity contribution in [2.24, 2.45) is 5.92 Å². The molecule has 2 aromatic rings. The normalized spacial score (nSPS) is 11.9. The molecule has 2 N–H and O–H groups in total. The van der Waals surface area contributed by atoms with Crippen LogP contribution in [-0.4, -0.2) is 17.9 Å². The maximum Gasteiger partial charge on any atom is 0.254 e. The van der Waals surface area contributed by atoms with Crippen LogP contribution in [0, 0.1) is 25.6 Å². The Kier molecular flexibility index (Phi) is 5.91. The molecule has 5 heteroatoms. The van der Waals surface area contributed by atoms with Gasteiger partial charge in [0.05, 0.1) is 5.56 Å². The van der Waals surface area contributed by atoms with Crippen LogP contribution in [0.2, 0.25) is 0 Å². The number of rotatable bonds is 5. The fourth-order valence-electron chi connectivity index (χ4n) is 2.50. The zero-order chi connectivity index (χ0) is 18.6. The number of halogens is 1. The first-order valence-corrected chi connectivity index (χ1v) is 8.23. The van der Waals surface area contributed by atoms with Crippen LogP contribution in [-0.2, 0) is 4.79 Å². The first-order valence-electron chi connectivity index (χ1n) is 8.23. The third kappa shape index (κ3) is 4.44. The number of nitrogens with one attached hydrogen (secondary N) is 2. The second-order valence-electron chi connectivity index (χ2n) is 6.41. The van der Waals surface area contributed by atoms with Crippen molar-refractivity contribution >= 4 is 17.5 Å². The Labute approximate surface area is 147 Å². The molecule has 0 aromatic heterocycles. The van der Waals surface area contributed by atoms with Crippen LogP contribution in [0.5, 0.6) is 0 Å². The number of aryl methyl sites for hydroxylation is 1. The Morgan fingerprint density at radius 1 is 1.00 bits per heavy atom. The predicted octanol–water partition coefficient (Wildman–Crippen LogP) is 3.84. The van der Waals surface area contributed by atoms with E-state index in [0.717, 1.165) is 11.1 Å². The number of hydrogen-bond donors (Lipinski definition) is 2. The first kappa shape index (κ1) is 18.6. The highest BCUT2D eigenvalue weighted by molar-refractivity contribution is 6.01. The SMILES string of the molecule is Cc1cccc(NC(=O)C(NC(=O)c2ccccc2F)C(C)C)c1C. The summed E-state index contributed by atoms with van der Waals surface area (Å²) in [6.07, 6.45) is 0. The summed E-state index contributed by atoms with van der Waals surface area (Å²) in [5.41, 5.74) is 2.66. The van der Waals surface area contributed by atoms with E-state index in [1.807, 2.05) is 45.9 Å². The van der Waals surface area contributed by atoms with E-state index in [1.54, 1.807) is 6.07 Å². The summed E-state index contributed by atoms with van der Waals surface area (Å²) in [4.78, 5) is 25.0. The van der Waals surface area contributed by atoms with Crippen LogP contribution < -0.4 is 10.6 Å². The molecule has 25 heavy (non-hydrogen) atoms. The Bertz CT molecular complexity index is 787. The third-order valence-corrected chi connectivity index (χ3v) is 4.22. The Balaban J connectivity index is 2.17. The summed E-state index contributed by atoms with van der Waals surface area (Å²) in [5, 5.41) is 5.49. The average molecular weight is 342 g/mol. The highest BCUT2D eigenvalue weighted by Crippen LogP contribution is 2.19. The molecule has 0 saturated carbocycles. The second-order valence-corrected chi connectivity index (χ2v) is 6.41. The molecule has 1 unspecified atom stereocenters. The van der Waals surface area contributed by atoms with Crippen molar-refractivity contribution in [3.63, 3.8) is 0 Å². The zero-order valence-corrected chi connectivity index (χ0v) is 14.9. The quantitative estimate of drug-likeness (QED) is 0.867. The van der Waals surface area contributed by atoms with E-state index in [9.17, 15) is 14.0 Å². The number of amides is 2. The van der Waals surface area contributed by atoms with Crippen LogP contribution in [0.15, 0.2) is 42.5 Å². The summed E-state index contributed by atoms with van der Waals surface area (Å²) in [6.45, 7) is 7.54. The minimum absolute atomic E-state index is 0.0762. The second kappa shape index (κ2) is 7.92. The van der Waals surface area contributed by atoms with Crippen molar-refractivity contribution in [2.45, 2.75) is 33.7 Å². The van der Waals surface area contributed by atoms with Gasteiger partial charge in [0, 0.05) is 5.69 Å². The largest absolute Gasteiger partial charge is 0.340 e. The Hall–Kier alpha value is -2.69. The third-order valence-electron chi connectivity index (χ3n) is 4.22. The molecule has 4 nitrogen and oxygen atoms in total. The molecule has 0 aliphatic carbocycles. The van der Waals surface area contributed by atoms with Gasteiger partial charge in [0.2, 0.25) is 5.91 Å². The minimum atomic E-state index is -0.771. The average Bonchev–Trinajstić information content (AvgIpc) is 2.56. The Morgan fingerprint density at radius 3 is 2.32 bits per heavy atom. The van der Waals surface area contributed by atoms with Gasteiger partial charge in [-0.3, -0.25) is 9.59 Å². The van der Waals surface area contributed by atoms with Gasteiger partial charge in [-0.1, -0.05) is 38.1 Å². The van der Waals surface area contributed by atoms with Gasteiger partial charge in [-0.05, 0) is 49.1 Å². The van der Waals surface area contributed by atoms with Gasteiger partial charge in [-0.2, -0.15) is 0 Å². The van der Waals surface area contributed by atoms with Crippen LogP contribution in [0.25, 0.3) is 0 Å². The van der Waals surface area contributed by atoms with Crippen molar-refractivity contribution < 1.29 is 14.0 Å². The summed E-state index contributed by atoms with van der Waals surface area (Å²) < 4.78 is 13.8. The molecule has 0 fully saturated rings. The lowest BCUT2D eigenvalue weighted by Crippen LogP contribution is -2.47. The van der Waals surface area contributed by atoms with Crippen LogP contribution in [0.3, 0.4) is 0 Å². The summed E-state index contributed by atoms with van der Waals surface area (Å²) in [6, 6.07) is 10.6. The lowest BCUT2D eigenvalue weighted by Gasteiger charge is -2.22.